The van der Waals surface area contributed by atoms with Crippen LogP contribution in [-0.4, -0.2) is 103 Å². The zero-order valence-corrected chi connectivity index (χ0v) is 24.4. The number of amides is 1. The monoisotopic (exact) mass is 572 g/mol. The Morgan fingerprint density at radius 1 is 1.05 bits per heavy atom. The fourth-order valence-corrected chi connectivity index (χ4v) is 6.18. The molecule has 0 bridgehead atoms. The van der Waals surface area contributed by atoms with Gasteiger partial charge in [0.1, 0.15) is 11.6 Å². The number of nitrogens with zero attached hydrogens (tertiary/aromatic N) is 6. The predicted octanol–water partition coefficient (Wildman–Crippen LogP) is 3.14. The van der Waals surface area contributed by atoms with Crippen molar-refractivity contribution in [3.05, 3.63) is 59.8 Å². The number of fused-ring (bicyclic) bond motifs is 2. The lowest BCUT2D eigenvalue weighted by Gasteiger charge is -2.38. The van der Waals surface area contributed by atoms with Gasteiger partial charge in [-0.3, -0.25) is 9.69 Å². The minimum Gasteiger partial charge on any atom is -0.508 e. The molecule has 0 unspecified atom stereocenters. The summed E-state index contributed by atoms with van der Waals surface area (Å²) in [6.45, 7) is 14.7. The van der Waals surface area contributed by atoms with Crippen LogP contribution in [0.1, 0.15) is 23.2 Å². The molecule has 2 fully saturated rings. The molecule has 0 atom stereocenters. The van der Waals surface area contributed by atoms with Gasteiger partial charge in [0.05, 0.1) is 32.1 Å². The van der Waals surface area contributed by atoms with Crippen LogP contribution in [0.15, 0.2) is 43.0 Å². The standard InChI is InChI=1S/C32H40N6O4/c1-3-30(40)36-10-12-37(13-11-36)31-27-7-9-38(29-21-25(39)20-24-19-23(2)5-6-26(24)29)22-28(27)33-32(34-31)42-16-4-8-35-14-17-41-18-15-35/h3,5-6,19-21,39H,1,4,7-18,22H2,2H3. The van der Waals surface area contributed by atoms with Gasteiger partial charge in [0.2, 0.25) is 5.91 Å². The van der Waals surface area contributed by atoms with E-state index in [1.54, 1.807) is 0 Å². The number of phenols is 1. The quantitative estimate of drug-likeness (QED) is 0.323. The minimum atomic E-state index is -0.0344. The lowest BCUT2D eigenvalue weighted by molar-refractivity contribution is -0.126. The Kier molecular flexibility index (Phi) is 8.43. The molecule has 2 aromatic carbocycles. The van der Waals surface area contributed by atoms with Crippen molar-refractivity contribution in [2.24, 2.45) is 0 Å². The number of piperazine rings is 1. The molecular weight excluding hydrogens is 532 g/mol. The van der Waals surface area contributed by atoms with Crippen LogP contribution in [-0.2, 0) is 22.5 Å². The average Bonchev–Trinajstić information content (AvgIpc) is 3.02. The summed E-state index contributed by atoms with van der Waals surface area (Å²) < 4.78 is 11.6. The zero-order chi connectivity index (χ0) is 29.1. The number of aromatic hydroxyl groups is 1. The maximum Gasteiger partial charge on any atom is 0.318 e. The number of aryl methyl sites for hydroxylation is 1. The van der Waals surface area contributed by atoms with Crippen LogP contribution in [0.3, 0.4) is 0 Å². The zero-order valence-electron chi connectivity index (χ0n) is 24.4. The summed E-state index contributed by atoms with van der Waals surface area (Å²) >= 11 is 0. The van der Waals surface area contributed by atoms with Crippen molar-refractivity contribution >= 4 is 28.2 Å². The number of hydrogen-bond donors (Lipinski definition) is 1. The fourth-order valence-electron chi connectivity index (χ4n) is 6.18. The number of carbonyl (C=O) groups is 1. The van der Waals surface area contributed by atoms with Gasteiger partial charge in [0, 0.05) is 75.1 Å². The van der Waals surface area contributed by atoms with Gasteiger partial charge in [-0.15, -0.1) is 0 Å². The third-order valence-corrected chi connectivity index (χ3v) is 8.45. The molecule has 3 aliphatic heterocycles. The SMILES string of the molecule is C=CC(=O)N1CCN(c2nc(OCCCN3CCOCC3)nc3c2CCN(c2cc(O)cc4cc(C)ccc24)C3)CC1. The van der Waals surface area contributed by atoms with Gasteiger partial charge >= 0.3 is 6.01 Å². The fraction of sp³-hybridized carbons (Fsp3) is 0.469. The third kappa shape index (κ3) is 6.15. The predicted molar refractivity (Wildman–Crippen MR) is 163 cm³/mol. The Labute approximate surface area is 247 Å². The molecule has 1 N–H and O–H groups in total. The number of hydrogen-bond acceptors (Lipinski definition) is 9. The Morgan fingerprint density at radius 2 is 1.86 bits per heavy atom. The van der Waals surface area contributed by atoms with Crippen molar-refractivity contribution in [1.82, 2.24) is 19.8 Å². The van der Waals surface area contributed by atoms with Crippen LogP contribution < -0.4 is 14.5 Å². The molecule has 3 aromatic rings. The number of carbonyl (C=O) groups excluding carboxylic acids is 1. The van der Waals surface area contributed by atoms with Crippen molar-refractivity contribution in [2.75, 3.05) is 82.0 Å². The Morgan fingerprint density at radius 3 is 2.64 bits per heavy atom. The van der Waals surface area contributed by atoms with E-state index < -0.39 is 0 Å². The van der Waals surface area contributed by atoms with Crippen molar-refractivity contribution in [3.8, 4) is 11.8 Å². The molecule has 0 saturated carbocycles. The van der Waals surface area contributed by atoms with Crippen LogP contribution in [0, 0.1) is 6.92 Å². The Bertz CT molecular complexity index is 1440. The molecule has 2 saturated heterocycles. The maximum atomic E-state index is 12.2. The molecule has 4 heterocycles. The first-order valence-electron chi connectivity index (χ1n) is 15.0. The van der Waals surface area contributed by atoms with Crippen molar-refractivity contribution in [3.63, 3.8) is 0 Å². The highest BCUT2D eigenvalue weighted by atomic mass is 16.5. The van der Waals surface area contributed by atoms with Crippen molar-refractivity contribution in [1.29, 1.82) is 0 Å². The first-order valence-corrected chi connectivity index (χ1v) is 15.0. The number of morpholine rings is 1. The van der Waals surface area contributed by atoms with E-state index in [2.05, 4.69) is 46.4 Å². The number of anilines is 2. The second-order valence-corrected chi connectivity index (χ2v) is 11.3. The van der Waals surface area contributed by atoms with Crippen LogP contribution in [0.2, 0.25) is 0 Å². The van der Waals surface area contributed by atoms with E-state index in [9.17, 15) is 9.90 Å². The molecule has 3 aliphatic rings. The van der Waals surface area contributed by atoms with Crippen LogP contribution in [0.5, 0.6) is 11.8 Å². The first-order chi connectivity index (χ1) is 20.5. The number of aromatic nitrogens is 2. The van der Waals surface area contributed by atoms with E-state index in [1.807, 2.05) is 17.0 Å². The molecule has 0 radical (unpaired) electrons. The van der Waals surface area contributed by atoms with Gasteiger partial charge in [-0.05, 0) is 37.3 Å². The van der Waals surface area contributed by atoms with Gasteiger partial charge in [-0.1, -0.05) is 30.3 Å². The largest absolute Gasteiger partial charge is 0.508 e. The highest BCUT2D eigenvalue weighted by molar-refractivity contribution is 5.96. The van der Waals surface area contributed by atoms with E-state index in [1.165, 1.54) is 6.08 Å². The number of phenolic OH excluding ortho intramolecular Hbond substituents is 1. The van der Waals surface area contributed by atoms with Crippen molar-refractivity contribution in [2.45, 2.75) is 26.3 Å². The third-order valence-electron chi connectivity index (χ3n) is 8.45. The topological polar surface area (TPSA) is 94.5 Å². The summed E-state index contributed by atoms with van der Waals surface area (Å²) in [5.41, 5.74) is 4.24. The molecule has 10 heteroatoms. The minimum absolute atomic E-state index is 0.0344. The number of ether oxygens (including phenoxy) is 2. The maximum absolute atomic E-state index is 12.2. The molecule has 1 amide bonds. The Hall–Kier alpha value is -3.89. The van der Waals surface area contributed by atoms with E-state index in [-0.39, 0.29) is 11.7 Å². The van der Waals surface area contributed by atoms with E-state index in [0.717, 1.165) is 91.3 Å². The number of rotatable bonds is 8. The second kappa shape index (κ2) is 12.5. The highest BCUT2D eigenvalue weighted by Gasteiger charge is 2.29. The molecule has 1 aromatic heterocycles. The lowest BCUT2D eigenvalue weighted by atomic mass is 10.0. The summed E-state index contributed by atoms with van der Waals surface area (Å²) in [7, 11) is 0. The van der Waals surface area contributed by atoms with Gasteiger partial charge in [0.15, 0.2) is 0 Å². The Balaban J connectivity index is 1.25. The highest BCUT2D eigenvalue weighted by Crippen LogP contribution is 2.36. The normalized spacial score (nSPS) is 17.8. The average molecular weight is 573 g/mol. The number of benzene rings is 2. The summed E-state index contributed by atoms with van der Waals surface area (Å²) in [6.07, 6.45) is 3.04. The van der Waals surface area contributed by atoms with Gasteiger partial charge in [-0.2, -0.15) is 9.97 Å². The van der Waals surface area contributed by atoms with E-state index >= 15 is 0 Å². The molecule has 222 valence electrons. The first kappa shape index (κ1) is 28.2. The molecule has 42 heavy (non-hydrogen) atoms. The summed E-state index contributed by atoms with van der Waals surface area (Å²) in [6, 6.07) is 10.4. The van der Waals surface area contributed by atoms with Crippen LogP contribution in [0.4, 0.5) is 11.5 Å². The van der Waals surface area contributed by atoms with Gasteiger partial charge in [0.25, 0.3) is 0 Å². The van der Waals surface area contributed by atoms with E-state index in [0.29, 0.717) is 45.3 Å². The molecule has 10 nitrogen and oxygen atoms in total. The van der Waals surface area contributed by atoms with Gasteiger partial charge in [-0.25, -0.2) is 0 Å². The summed E-state index contributed by atoms with van der Waals surface area (Å²) in [5, 5.41) is 12.7. The molecular formula is C32H40N6O4. The van der Waals surface area contributed by atoms with Crippen LogP contribution in [0.25, 0.3) is 10.8 Å². The second-order valence-electron chi connectivity index (χ2n) is 11.3. The van der Waals surface area contributed by atoms with E-state index in [4.69, 9.17) is 19.4 Å². The molecule has 0 aliphatic carbocycles. The van der Waals surface area contributed by atoms with Crippen LogP contribution >= 0.6 is 0 Å². The summed E-state index contributed by atoms with van der Waals surface area (Å²) in [4.78, 5) is 30.8. The van der Waals surface area contributed by atoms with Gasteiger partial charge < -0.3 is 29.3 Å². The smallest absolute Gasteiger partial charge is 0.318 e. The summed E-state index contributed by atoms with van der Waals surface area (Å²) in [5.74, 6) is 1.13. The molecule has 6 rings (SSSR count). The van der Waals surface area contributed by atoms with Crippen molar-refractivity contribution < 1.29 is 19.4 Å². The molecule has 0 spiro atoms. The lowest BCUT2D eigenvalue weighted by Crippen LogP contribution is -2.49.